The Balaban J connectivity index is 1.56. The van der Waals surface area contributed by atoms with Crippen molar-refractivity contribution in [2.75, 3.05) is 36.8 Å². The van der Waals surface area contributed by atoms with Crippen LogP contribution >= 0.6 is 11.8 Å². The number of aromatic nitrogens is 4. The zero-order chi connectivity index (χ0) is 20.3. The van der Waals surface area contributed by atoms with Gasteiger partial charge in [0.1, 0.15) is 5.69 Å². The number of nitro benzene ring substituents is 1. The molecule has 2 heterocycles. The van der Waals surface area contributed by atoms with E-state index in [0.717, 1.165) is 0 Å². The van der Waals surface area contributed by atoms with Crippen molar-refractivity contribution in [3.63, 3.8) is 0 Å². The molecule has 2 aromatic rings. The number of nitrogens with zero attached hydrogens (tertiary/aromatic N) is 7. The van der Waals surface area contributed by atoms with Crippen molar-refractivity contribution in [1.29, 1.82) is 0 Å². The van der Waals surface area contributed by atoms with Gasteiger partial charge in [0.05, 0.1) is 16.2 Å². The van der Waals surface area contributed by atoms with Gasteiger partial charge < -0.3 is 9.80 Å². The van der Waals surface area contributed by atoms with Gasteiger partial charge in [-0.05, 0) is 37.3 Å². The zero-order valence-electron chi connectivity index (χ0n) is 16.1. The molecule has 3 rings (SSSR count). The fraction of sp³-hybridized carbons (Fsp3) is 0.529. The number of thioether (sulfide) groups is 1. The molecule has 0 spiro atoms. The van der Waals surface area contributed by atoms with Crippen LogP contribution in [-0.2, 0) is 10.3 Å². The Labute approximate surface area is 167 Å². The van der Waals surface area contributed by atoms with E-state index >= 15 is 0 Å². The van der Waals surface area contributed by atoms with Crippen LogP contribution in [0, 0.1) is 10.1 Å². The number of carbonyl (C=O) groups excluding carboxylic acids is 1. The molecule has 1 aliphatic heterocycles. The fourth-order valence-electron chi connectivity index (χ4n) is 2.99. The molecule has 0 saturated carbocycles. The highest BCUT2D eigenvalue weighted by molar-refractivity contribution is 7.99. The Bertz CT molecular complexity index is 856. The van der Waals surface area contributed by atoms with Crippen LogP contribution in [0.3, 0.4) is 0 Å². The second-order valence-electron chi connectivity index (χ2n) is 7.45. The van der Waals surface area contributed by atoms with Crippen molar-refractivity contribution in [1.82, 2.24) is 25.1 Å². The van der Waals surface area contributed by atoms with Crippen LogP contribution in [-0.4, -0.2) is 67.9 Å². The van der Waals surface area contributed by atoms with Crippen LogP contribution in [0.1, 0.15) is 20.8 Å². The van der Waals surface area contributed by atoms with Gasteiger partial charge in [-0.3, -0.25) is 14.9 Å². The minimum atomic E-state index is -0.372. The molecular formula is C17H23N7O3S. The second kappa shape index (κ2) is 8.13. The molecule has 0 radical (unpaired) electrons. The molecule has 150 valence electrons. The van der Waals surface area contributed by atoms with Crippen LogP contribution in [0.2, 0.25) is 0 Å². The lowest BCUT2D eigenvalue weighted by atomic mass is 10.1. The summed E-state index contributed by atoms with van der Waals surface area (Å²) < 4.78 is 1.71. The van der Waals surface area contributed by atoms with E-state index in [2.05, 4.69) is 15.5 Å². The number of amides is 1. The first-order valence-corrected chi connectivity index (χ1v) is 9.94. The molecule has 1 aliphatic rings. The molecule has 0 bridgehead atoms. The van der Waals surface area contributed by atoms with Gasteiger partial charge >= 0.3 is 0 Å². The van der Waals surface area contributed by atoms with Gasteiger partial charge in [-0.25, -0.2) is 4.68 Å². The number of rotatable bonds is 5. The van der Waals surface area contributed by atoms with Crippen LogP contribution in [0.15, 0.2) is 29.4 Å². The van der Waals surface area contributed by atoms with E-state index in [1.165, 1.54) is 17.8 Å². The summed E-state index contributed by atoms with van der Waals surface area (Å²) in [5, 5.41) is 23.5. The number of carbonyl (C=O) groups is 1. The third kappa shape index (κ3) is 4.41. The maximum atomic E-state index is 12.6. The van der Waals surface area contributed by atoms with Gasteiger partial charge in [0.15, 0.2) is 0 Å². The predicted octanol–water partition coefficient (Wildman–Crippen LogP) is 1.78. The van der Waals surface area contributed by atoms with Crippen molar-refractivity contribution >= 4 is 29.0 Å². The van der Waals surface area contributed by atoms with E-state index in [4.69, 9.17) is 0 Å². The highest BCUT2D eigenvalue weighted by atomic mass is 32.2. The summed E-state index contributed by atoms with van der Waals surface area (Å²) in [6.07, 6.45) is 0. The van der Waals surface area contributed by atoms with Crippen LogP contribution < -0.4 is 4.90 Å². The van der Waals surface area contributed by atoms with Gasteiger partial charge in [0, 0.05) is 32.2 Å². The Morgan fingerprint density at radius 2 is 1.89 bits per heavy atom. The van der Waals surface area contributed by atoms with Gasteiger partial charge in [-0.1, -0.05) is 23.9 Å². The van der Waals surface area contributed by atoms with E-state index in [-0.39, 0.29) is 27.8 Å². The topological polar surface area (TPSA) is 110 Å². The van der Waals surface area contributed by atoms with Gasteiger partial charge in [-0.2, -0.15) is 0 Å². The molecule has 0 aliphatic carbocycles. The second-order valence-corrected chi connectivity index (χ2v) is 8.39. The molecule has 1 amide bonds. The summed E-state index contributed by atoms with van der Waals surface area (Å²) >= 11 is 1.32. The lowest BCUT2D eigenvalue weighted by molar-refractivity contribution is -0.384. The molecule has 0 atom stereocenters. The summed E-state index contributed by atoms with van der Waals surface area (Å²) in [5.41, 5.74) is 0.426. The van der Waals surface area contributed by atoms with Crippen molar-refractivity contribution in [3.05, 3.63) is 34.4 Å². The number of hydrogen-bond donors (Lipinski definition) is 0. The third-order valence-electron chi connectivity index (χ3n) is 4.45. The van der Waals surface area contributed by atoms with Gasteiger partial charge in [0.2, 0.25) is 11.1 Å². The molecule has 10 nitrogen and oxygen atoms in total. The summed E-state index contributed by atoms with van der Waals surface area (Å²) in [4.78, 5) is 27.2. The monoisotopic (exact) mass is 405 g/mol. The van der Waals surface area contributed by atoms with Crippen molar-refractivity contribution in [2.45, 2.75) is 31.5 Å². The maximum Gasteiger partial charge on any atom is 0.292 e. The number of benzene rings is 1. The van der Waals surface area contributed by atoms with E-state index in [9.17, 15) is 14.9 Å². The number of nitro groups is 1. The molecule has 0 N–H and O–H groups in total. The molecule has 28 heavy (non-hydrogen) atoms. The van der Waals surface area contributed by atoms with Crippen LogP contribution in [0.4, 0.5) is 11.4 Å². The minimum absolute atomic E-state index is 0.00988. The number of piperazine rings is 1. The van der Waals surface area contributed by atoms with Crippen molar-refractivity contribution < 1.29 is 9.72 Å². The molecule has 0 unspecified atom stereocenters. The Morgan fingerprint density at radius 3 is 2.54 bits per heavy atom. The number of hydrogen-bond acceptors (Lipinski definition) is 8. The maximum absolute atomic E-state index is 12.6. The summed E-state index contributed by atoms with van der Waals surface area (Å²) in [6.45, 7) is 8.15. The smallest absolute Gasteiger partial charge is 0.292 e. The molecule has 11 heteroatoms. The first-order chi connectivity index (χ1) is 13.3. The van der Waals surface area contributed by atoms with E-state index in [1.807, 2.05) is 25.7 Å². The molecular weight excluding hydrogens is 382 g/mol. The Morgan fingerprint density at radius 1 is 1.21 bits per heavy atom. The third-order valence-corrected chi connectivity index (χ3v) is 5.36. The summed E-state index contributed by atoms with van der Waals surface area (Å²) in [7, 11) is 0. The molecule has 1 aromatic carbocycles. The Hall–Kier alpha value is -2.69. The average molecular weight is 405 g/mol. The quantitative estimate of drug-likeness (QED) is 0.420. The molecule has 1 aromatic heterocycles. The highest BCUT2D eigenvalue weighted by Gasteiger charge is 2.26. The van der Waals surface area contributed by atoms with Gasteiger partial charge in [0.25, 0.3) is 5.69 Å². The van der Waals surface area contributed by atoms with Crippen LogP contribution in [0.5, 0.6) is 0 Å². The first-order valence-electron chi connectivity index (χ1n) is 8.95. The fourth-order valence-corrected chi connectivity index (χ4v) is 3.95. The van der Waals surface area contributed by atoms with E-state index in [0.29, 0.717) is 37.0 Å². The predicted molar refractivity (Wildman–Crippen MR) is 105 cm³/mol. The SMILES string of the molecule is CC(C)(C)n1nnnc1SCC(=O)N1CCN(c2ccccc2[N+](=O)[O-])CC1. The largest absolute Gasteiger partial charge is 0.362 e. The average Bonchev–Trinajstić information content (AvgIpc) is 3.15. The van der Waals surface area contributed by atoms with Gasteiger partial charge in [-0.15, -0.1) is 5.10 Å². The van der Waals surface area contributed by atoms with Crippen molar-refractivity contribution in [2.24, 2.45) is 0 Å². The highest BCUT2D eigenvalue weighted by Crippen LogP contribution is 2.28. The van der Waals surface area contributed by atoms with E-state index in [1.54, 1.807) is 27.8 Å². The van der Waals surface area contributed by atoms with Crippen LogP contribution in [0.25, 0.3) is 0 Å². The minimum Gasteiger partial charge on any atom is -0.362 e. The number of anilines is 1. The Kier molecular flexibility index (Phi) is 5.82. The molecule has 1 saturated heterocycles. The normalized spacial score (nSPS) is 15.0. The standard InChI is InChI=1S/C17H23N7O3S/c1-17(2,3)23-16(18-19-20-23)28-12-15(25)22-10-8-21(9-11-22)13-6-4-5-7-14(13)24(26)27/h4-7H,8-12H2,1-3H3. The van der Waals surface area contributed by atoms with Crippen molar-refractivity contribution in [3.8, 4) is 0 Å². The number of para-hydroxylation sites is 2. The van der Waals surface area contributed by atoms with E-state index < -0.39 is 0 Å². The lowest BCUT2D eigenvalue weighted by Gasteiger charge is -2.35. The lowest BCUT2D eigenvalue weighted by Crippen LogP contribution is -2.49. The number of tetrazole rings is 1. The zero-order valence-corrected chi connectivity index (χ0v) is 16.9. The molecule has 1 fully saturated rings. The summed E-state index contributed by atoms with van der Waals surface area (Å²) in [5.74, 6) is 0.262. The first kappa shape index (κ1) is 20.1. The summed E-state index contributed by atoms with van der Waals surface area (Å²) in [6, 6.07) is 6.69.